The van der Waals surface area contributed by atoms with Crippen molar-refractivity contribution in [3.63, 3.8) is 0 Å². The molecule has 1 atom stereocenters. The van der Waals surface area contributed by atoms with E-state index >= 15 is 0 Å². The molecule has 1 amide bonds. The summed E-state index contributed by atoms with van der Waals surface area (Å²) >= 11 is 6.23. The van der Waals surface area contributed by atoms with E-state index in [1.165, 1.54) is 0 Å². The zero-order valence-corrected chi connectivity index (χ0v) is 18.0. The zero-order valence-electron chi connectivity index (χ0n) is 17.2. The minimum atomic E-state index is -0.416. The van der Waals surface area contributed by atoms with Gasteiger partial charge in [-0.1, -0.05) is 41.9 Å². The van der Waals surface area contributed by atoms with E-state index in [0.717, 1.165) is 24.6 Å². The molecule has 0 bridgehead atoms. The first-order valence-electron chi connectivity index (χ1n) is 10.1. The topological polar surface area (TPSA) is 70.6 Å². The van der Waals surface area contributed by atoms with Crippen molar-refractivity contribution in [3.8, 4) is 5.75 Å². The van der Waals surface area contributed by atoms with Gasteiger partial charge in [-0.2, -0.15) is 0 Å². The summed E-state index contributed by atoms with van der Waals surface area (Å²) in [4.78, 5) is 26.4. The summed E-state index contributed by atoms with van der Waals surface area (Å²) in [7, 11) is 1.56. The Morgan fingerprint density at radius 1 is 1.03 bits per heavy atom. The number of carbonyl (C=O) groups excluding carboxylic acids is 1. The Morgan fingerprint density at radius 2 is 1.74 bits per heavy atom. The van der Waals surface area contributed by atoms with E-state index in [1.807, 2.05) is 30.3 Å². The van der Waals surface area contributed by atoms with Crippen molar-refractivity contribution >= 4 is 29.1 Å². The maximum atomic E-state index is 13.4. The number of benzene rings is 2. The number of nitrogens with one attached hydrogen (secondary N) is 1. The Balaban J connectivity index is 1.51. The summed E-state index contributed by atoms with van der Waals surface area (Å²) in [5.74, 6) is 1.19. The summed E-state index contributed by atoms with van der Waals surface area (Å²) < 4.78 is 5.20. The van der Waals surface area contributed by atoms with Crippen molar-refractivity contribution in [2.24, 2.45) is 0 Å². The Morgan fingerprint density at radius 3 is 2.39 bits per heavy atom. The lowest BCUT2D eigenvalue weighted by atomic mass is 10.0. The normalized spacial score (nSPS) is 15.4. The number of nitrogens with zero attached hydrogens (tertiary/aromatic N) is 4. The van der Waals surface area contributed by atoms with E-state index in [0.29, 0.717) is 29.5 Å². The smallest absolute Gasteiger partial charge is 0.246 e. The molecule has 8 heteroatoms. The van der Waals surface area contributed by atoms with E-state index in [9.17, 15) is 4.79 Å². The Hall–Kier alpha value is -3.16. The highest BCUT2D eigenvalue weighted by molar-refractivity contribution is 6.32. The molecule has 0 unspecified atom stereocenters. The van der Waals surface area contributed by atoms with Crippen LogP contribution in [0.3, 0.4) is 0 Å². The van der Waals surface area contributed by atoms with Crippen LogP contribution >= 0.6 is 11.6 Å². The zero-order chi connectivity index (χ0) is 21.6. The fourth-order valence-corrected chi connectivity index (χ4v) is 4.01. The minimum absolute atomic E-state index is 0.100. The molecule has 160 valence electrons. The largest absolute Gasteiger partial charge is 0.495 e. The molecule has 7 nitrogen and oxygen atoms in total. The Labute approximate surface area is 186 Å². The van der Waals surface area contributed by atoms with Crippen LogP contribution in [0.1, 0.15) is 11.6 Å². The van der Waals surface area contributed by atoms with Crippen molar-refractivity contribution in [1.82, 2.24) is 14.9 Å². The number of aromatic nitrogens is 2. The highest BCUT2D eigenvalue weighted by Crippen LogP contribution is 2.29. The molecule has 0 aliphatic carbocycles. The summed E-state index contributed by atoms with van der Waals surface area (Å²) in [6.07, 6.45) is 3.49. The molecule has 2 aromatic carbocycles. The third-order valence-electron chi connectivity index (χ3n) is 5.30. The van der Waals surface area contributed by atoms with Gasteiger partial charge in [0.25, 0.3) is 0 Å². The van der Waals surface area contributed by atoms with Crippen LogP contribution in [0.4, 0.5) is 11.6 Å². The van der Waals surface area contributed by atoms with Gasteiger partial charge in [-0.05, 0) is 29.8 Å². The van der Waals surface area contributed by atoms with Gasteiger partial charge in [0.05, 0.1) is 12.1 Å². The summed E-state index contributed by atoms with van der Waals surface area (Å²) in [6.45, 7) is 2.92. The molecular weight excluding hydrogens is 414 g/mol. The van der Waals surface area contributed by atoms with Crippen molar-refractivity contribution < 1.29 is 9.53 Å². The molecule has 3 aromatic rings. The number of amides is 1. The predicted octanol–water partition coefficient (Wildman–Crippen LogP) is 3.64. The molecule has 4 rings (SSSR count). The molecule has 31 heavy (non-hydrogen) atoms. The first kappa shape index (κ1) is 21.1. The standard InChI is InChI=1S/C23H24ClN5O2/c1-31-20-9-8-18(16-19(20)24)27-22(30)21(17-6-3-2-4-7-17)28-12-14-29(15-13-28)23-25-10-5-11-26-23/h2-11,16,21H,12-15H2,1H3,(H,27,30)/t21-/m1/s1. The van der Waals surface area contributed by atoms with Gasteiger partial charge in [0, 0.05) is 44.3 Å². The molecule has 1 aromatic heterocycles. The third-order valence-corrected chi connectivity index (χ3v) is 5.59. The minimum Gasteiger partial charge on any atom is -0.495 e. The summed E-state index contributed by atoms with van der Waals surface area (Å²) in [5, 5.41) is 3.47. The number of halogens is 1. The number of anilines is 2. The number of rotatable bonds is 6. The van der Waals surface area contributed by atoms with Gasteiger partial charge >= 0.3 is 0 Å². The Bertz CT molecular complexity index is 1010. The van der Waals surface area contributed by atoms with Gasteiger partial charge < -0.3 is 15.0 Å². The number of ether oxygens (including phenoxy) is 1. The van der Waals surface area contributed by atoms with Gasteiger partial charge in [-0.25, -0.2) is 9.97 Å². The third kappa shape index (κ3) is 4.95. The predicted molar refractivity (Wildman–Crippen MR) is 122 cm³/mol. The van der Waals surface area contributed by atoms with E-state index in [-0.39, 0.29) is 5.91 Å². The number of carbonyl (C=O) groups is 1. The van der Waals surface area contributed by atoms with Crippen molar-refractivity contribution in [2.75, 3.05) is 43.5 Å². The maximum Gasteiger partial charge on any atom is 0.246 e. The second kappa shape index (κ2) is 9.76. The highest BCUT2D eigenvalue weighted by Gasteiger charge is 2.31. The number of methoxy groups -OCH3 is 1. The first-order valence-corrected chi connectivity index (χ1v) is 10.5. The number of piperazine rings is 1. The van der Waals surface area contributed by atoms with Gasteiger partial charge in [0.15, 0.2) is 0 Å². The molecule has 1 aliphatic heterocycles. The molecule has 1 fully saturated rings. The first-order chi connectivity index (χ1) is 15.2. The highest BCUT2D eigenvalue weighted by atomic mass is 35.5. The van der Waals surface area contributed by atoms with Crippen LogP contribution in [0, 0.1) is 0 Å². The van der Waals surface area contributed by atoms with Gasteiger partial charge in [0.1, 0.15) is 11.8 Å². The maximum absolute atomic E-state index is 13.4. The van der Waals surface area contributed by atoms with Crippen molar-refractivity contribution in [2.45, 2.75) is 6.04 Å². The van der Waals surface area contributed by atoms with E-state index in [1.54, 1.807) is 43.8 Å². The second-order valence-electron chi connectivity index (χ2n) is 7.22. The number of hydrogen-bond acceptors (Lipinski definition) is 6. The number of hydrogen-bond donors (Lipinski definition) is 1. The van der Waals surface area contributed by atoms with E-state index in [4.69, 9.17) is 16.3 Å². The molecule has 0 saturated carbocycles. The molecule has 0 radical (unpaired) electrons. The SMILES string of the molecule is COc1ccc(NC(=O)[C@@H](c2ccccc2)N2CCN(c3ncccn3)CC2)cc1Cl. The monoisotopic (exact) mass is 437 g/mol. The van der Waals surface area contributed by atoms with Crippen LogP contribution in [0.25, 0.3) is 0 Å². The average Bonchev–Trinajstić information content (AvgIpc) is 2.81. The van der Waals surface area contributed by atoms with E-state index < -0.39 is 6.04 Å². The summed E-state index contributed by atoms with van der Waals surface area (Å²) in [5.41, 5.74) is 1.58. The fraction of sp³-hybridized carbons (Fsp3) is 0.261. The molecule has 1 N–H and O–H groups in total. The molecular formula is C23H24ClN5O2. The van der Waals surface area contributed by atoms with Crippen LogP contribution < -0.4 is 15.0 Å². The lowest BCUT2D eigenvalue weighted by Crippen LogP contribution is -2.50. The van der Waals surface area contributed by atoms with Crippen LogP contribution in [0.5, 0.6) is 5.75 Å². The average molecular weight is 438 g/mol. The van der Waals surface area contributed by atoms with Crippen molar-refractivity contribution in [3.05, 3.63) is 77.6 Å². The molecule has 1 aliphatic rings. The molecule has 2 heterocycles. The van der Waals surface area contributed by atoms with Gasteiger partial charge in [-0.3, -0.25) is 9.69 Å². The Kier molecular flexibility index (Phi) is 6.64. The van der Waals surface area contributed by atoms with Crippen molar-refractivity contribution in [1.29, 1.82) is 0 Å². The lowest BCUT2D eigenvalue weighted by molar-refractivity contribution is -0.121. The fourth-order valence-electron chi connectivity index (χ4n) is 3.75. The second-order valence-corrected chi connectivity index (χ2v) is 7.63. The van der Waals surface area contributed by atoms with Crippen LogP contribution in [0.2, 0.25) is 5.02 Å². The molecule has 1 saturated heterocycles. The quantitative estimate of drug-likeness (QED) is 0.634. The lowest BCUT2D eigenvalue weighted by Gasteiger charge is -2.38. The van der Waals surface area contributed by atoms with Crippen LogP contribution in [0.15, 0.2) is 67.0 Å². The molecule has 0 spiro atoms. The van der Waals surface area contributed by atoms with Gasteiger partial charge in [0.2, 0.25) is 11.9 Å². The van der Waals surface area contributed by atoms with Gasteiger partial charge in [-0.15, -0.1) is 0 Å². The van der Waals surface area contributed by atoms with Crippen LogP contribution in [-0.4, -0.2) is 54.1 Å². The van der Waals surface area contributed by atoms with Crippen LogP contribution in [-0.2, 0) is 4.79 Å². The van der Waals surface area contributed by atoms with E-state index in [2.05, 4.69) is 25.1 Å². The summed E-state index contributed by atoms with van der Waals surface area (Å²) in [6, 6.07) is 16.4.